The number of tetrazole rings is 1. The number of benzene rings is 1. The summed E-state index contributed by atoms with van der Waals surface area (Å²) in [6.07, 6.45) is 2.19. The van der Waals surface area contributed by atoms with Gasteiger partial charge in [-0.3, -0.25) is 4.79 Å². The van der Waals surface area contributed by atoms with Crippen molar-refractivity contribution >= 4 is 5.91 Å². The molecular weight excluding hydrogens is 330 g/mol. The van der Waals surface area contributed by atoms with Gasteiger partial charge in [-0.05, 0) is 80.5 Å². The van der Waals surface area contributed by atoms with Crippen LogP contribution in [-0.2, 0) is 16.9 Å². The number of amides is 1. The summed E-state index contributed by atoms with van der Waals surface area (Å²) >= 11 is 0. The van der Waals surface area contributed by atoms with E-state index in [2.05, 4.69) is 28.7 Å². The highest BCUT2D eigenvalue weighted by atomic mass is 16.2. The van der Waals surface area contributed by atoms with Crippen LogP contribution in [0, 0.1) is 19.8 Å². The Morgan fingerprint density at radius 1 is 1.27 bits per heavy atom. The lowest BCUT2D eigenvalue weighted by atomic mass is 9.99. The molecule has 1 aromatic carbocycles. The highest BCUT2D eigenvalue weighted by Gasteiger charge is 2.41. The summed E-state index contributed by atoms with van der Waals surface area (Å²) in [7, 11) is 0. The van der Waals surface area contributed by atoms with Gasteiger partial charge < -0.3 is 5.32 Å². The van der Waals surface area contributed by atoms with Gasteiger partial charge in [0.05, 0.1) is 11.6 Å². The highest BCUT2D eigenvalue weighted by molar-refractivity contribution is 5.76. The number of carbonyl (C=O) groups excluding carboxylic acids is 1. The van der Waals surface area contributed by atoms with E-state index in [0.717, 1.165) is 23.1 Å². The van der Waals surface area contributed by atoms with Crippen molar-refractivity contribution < 1.29 is 4.79 Å². The summed E-state index contributed by atoms with van der Waals surface area (Å²) in [6.45, 7) is 9.89. The van der Waals surface area contributed by atoms with Gasteiger partial charge in [0.15, 0.2) is 0 Å². The van der Waals surface area contributed by atoms with E-state index in [1.165, 1.54) is 15.8 Å². The van der Waals surface area contributed by atoms with Crippen LogP contribution in [0.4, 0.5) is 0 Å². The average Bonchev–Trinajstić information content (AvgIpc) is 3.36. The second-order valence-electron chi connectivity index (χ2n) is 7.89. The van der Waals surface area contributed by atoms with Crippen molar-refractivity contribution in [3.05, 3.63) is 45.4 Å². The Hall–Kier alpha value is -2.44. The van der Waals surface area contributed by atoms with Gasteiger partial charge in [0.1, 0.15) is 6.54 Å². The number of rotatable bonds is 6. The zero-order valence-electron chi connectivity index (χ0n) is 16.1. The molecule has 0 aliphatic heterocycles. The maximum Gasteiger partial charge on any atom is 0.364 e. The van der Waals surface area contributed by atoms with E-state index >= 15 is 0 Å². The molecule has 0 bridgehead atoms. The molecule has 1 aliphatic carbocycles. The molecule has 7 heteroatoms. The molecule has 1 aliphatic rings. The zero-order valence-corrected chi connectivity index (χ0v) is 16.1. The summed E-state index contributed by atoms with van der Waals surface area (Å²) in [4.78, 5) is 24.9. The molecule has 1 aromatic heterocycles. The molecule has 7 nitrogen and oxygen atoms in total. The molecule has 0 unspecified atom stereocenters. The van der Waals surface area contributed by atoms with Gasteiger partial charge in [0.25, 0.3) is 0 Å². The second-order valence-corrected chi connectivity index (χ2v) is 7.89. The van der Waals surface area contributed by atoms with Crippen LogP contribution in [0.2, 0.25) is 0 Å². The Morgan fingerprint density at radius 2 is 1.96 bits per heavy atom. The third-order valence-corrected chi connectivity index (χ3v) is 5.46. The molecule has 0 radical (unpaired) electrons. The number of aromatic nitrogens is 4. The normalized spacial score (nSPS) is 15.7. The first kappa shape index (κ1) is 18.4. The SMILES string of the molecule is Cc1ccc([C@H](C)NC(=O)Cn2nnn(C(C)(C)C3CC3)c2=O)cc1C. The fourth-order valence-electron chi connectivity index (χ4n) is 3.24. The Labute approximate surface area is 153 Å². The molecule has 1 N–H and O–H groups in total. The minimum Gasteiger partial charge on any atom is -0.348 e. The molecule has 0 spiro atoms. The van der Waals surface area contributed by atoms with E-state index in [1.807, 2.05) is 39.8 Å². The summed E-state index contributed by atoms with van der Waals surface area (Å²) in [5, 5.41) is 10.8. The summed E-state index contributed by atoms with van der Waals surface area (Å²) in [5.41, 5.74) is 2.74. The average molecular weight is 357 g/mol. The van der Waals surface area contributed by atoms with Crippen molar-refractivity contribution in [2.24, 2.45) is 5.92 Å². The monoisotopic (exact) mass is 357 g/mol. The predicted octanol–water partition coefficient (Wildman–Crippen LogP) is 2.08. The Morgan fingerprint density at radius 3 is 2.58 bits per heavy atom. The molecule has 26 heavy (non-hydrogen) atoms. The maximum absolute atomic E-state index is 12.5. The van der Waals surface area contributed by atoms with Crippen molar-refractivity contribution in [2.75, 3.05) is 0 Å². The number of aryl methyl sites for hydroxylation is 2. The van der Waals surface area contributed by atoms with E-state index < -0.39 is 0 Å². The van der Waals surface area contributed by atoms with Crippen molar-refractivity contribution in [1.29, 1.82) is 0 Å². The zero-order chi connectivity index (χ0) is 19.1. The van der Waals surface area contributed by atoms with E-state index in [0.29, 0.717) is 5.92 Å². The van der Waals surface area contributed by atoms with Crippen LogP contribution in [0.1, 0.15) is 56.3 Å². The van der Waals surface area contributed by atoms with Gasteiger partial charge in [-0.2, -0.15) is 9.36 Å². The van der Waals surface area contributed by atoms with Crippen LogP contribution in [0.5, 0.6) is 0 Å². The number of nitrogens with zero attached hydrogens (tertiary/aromatic N) is 4. The molecule has 3 rings (SSSR count). The maximum atomic E-state index is 12.5. The Kier molecular flexibility index (Phi) is 4.73. The lowest BCUT2D eigenvalue weighted by Gasteiger charge is -2.22. The Balaban J connectivity index is 1.67. The number of hydrogen-bond donors (Lipinski definition) is 1. The van der Waals surface area contributed by atoms with Crippen LogP contribution in [-0.4, -0.2) is 25.7 Å². The first-order valence-corrected chi connectivity index (χ1v) is 9.10. The van der Waals surface area contributed by atoms with Gasteiger partial charge in [0.2, 0.25) is 5.91 Å². The van der Waals surface area contributed by atoms with Crippen LogP contribution in [0.15, 0.2) is 23.0 Å². The third-order valence-electron chi connectivity index (χ3n) is 5.46. The van der Waals surface area contributed by atoms with Crippen molar-refractivity contribution in [1.82, 2.24) is 25.1 Å². The van der Waals surface area contributed by atoms with E-state index in [-0.39, 0.29) is 29.7 Å². The van der Waals surface area contributed by atoms with Crippen molar-refractivity contribution in [3.8, 4) is 0 Å². The third kappa shape index (κ3) is 3.57. The van der Waals surface area contributed by atoms with E-state index in [4.69, 9.17) is 0 Å². The smallest absolute Gasteiger partial charge is 0.348 e. The largest absolute Gasteiger partial charge is 0.364 e. The van der Waals surface area contributed by atoms with Gasteiger partial charge in [-0.1, -0.05) is 18.2 Å². The molecule has 1 atom stereocenters. The fraction of sp³-hybridized carbons (Fsp3) is 0.579. The molecular formula is C19H27N5O2. The fourth-order valence-corrected chi connectivity index (χ4v) is 3.24. The minimum absolute atomic E-state index is 0.130. The quantitative estimate of drug-likeness (QED) is 0.858. The van der Waals surface area contributed by atoms with E-state index in [1.54, 1.807) is 0 Å². The number of carbonyl (C=O) groups is 1. The molecule has 1 saturated carbocycles. The number of nitrogens with one attached hydrogen (secondary N) is 1. The first-order valence-electron chi connectivity index (χ1n) is 9.10. The van der Waals surface area contributed by atoms with Crippen LogP contribution in [0.25, 0.3) is 0 Å². The lowest BCUT2D eigenvalue weighted by molar-refractivity contribution is -0.122. The van der Waals surface area contributed by atoms with Crippen molar-refractivity contribution in [3.63, 3.8) is 0 Å². The van der Waals surface area contributed by atoms with Crippen LogP contribution >= 0.6 is 0 Å². The summed E-state index contributed by atoms with van der Waals surface area (Å²) < 4.78 is 2.54. The van der Waals surface area contributed by atoms with Gasteiger partial charge >= 0.3 is 5.69 Å². The topological polar surface area (TPSA) is 81.8 Å². The van der Waals surface area contributed by atoms with Crippen LogP contribution in [0.3, 0.4) is 0 Å². The predicted molar refractivity (Wildman–Crippen MR) is 98.8 cm³/mol. The Bertz CT molecular complexity index is 876. The van der Waals surface area contributed by atoms with E-state index in [9.17, 15) is 9.59 Å². The van der Waals surface area contributed by atoms with Crippen LogP contribution < -0.4 is 11.0 Å². The standard InChI is InChI=1S/C19H27N5O2/c1-12-6-7-15(10-13(12)2)14(3)20-17(25)11-23-18(26)24(22-21-23)19(4,5)16-8-9-16/h6-7,10,14,16H,8-9,11H2,1-5H3,(H,20,25)/t14-/m0/s1. The second kappa shape index (κ2) is 6.70. The first-order chi connectivity index (χ1) is 12.2. The van der Waals surface area contributed by atoms with Gasteiger partial charge in [-0.15, -0.1) is 0 Å². The highest BCUT2D eigenvalue weighted by Crippen LogP contribution is 2.42. The molecule has 2 aromatic rings. The molecule has 140 valence electrons. The molecule has 1 fully saturated rings. The van der Waals surface area contributed by atoms with Gasteiger partial charge in [0, 0.05) is 0 Å². The molecule has 1 heterocycles. The summed E-state index contributed by atoms with van der Waals surface area (Å²) in [5.74, 6) is 0.193. The summed E-state index contributed by atoms with van der Waals surface area (Å²) in [6, 6.07) is 5.98. The van der Waals surface area contributed by atoms with Gasteiger partial charge in [-0.25, -0.2) is 4.79 Å². The molecule has 0 saturated heterocycles. The molecule has 1 amide bonds. The number of hydrogen-bond acceptors (Lipinski definition) is 4. The van der Waals surface area contributed by atoms with Crippen molar-refractivity contribution in [2.45, 2.75) is 65.6 Å². The lowest BCUT2D eigenvalue weighted by Crippen LogP contribution is -2.41. The minimum atomic E-state index is -0.363.